The van der Waals surface area contributed by atoms with Crippen LogP contribution >= 0.6 is 0 Å². The van der Waals surface area contributed by atoms with Gasteiger partial charge in [-0.05, 0) is 25.0 Å². The van der Waals surface area contributed by atoms with Gasteiger partial charge in [-0.1, -0.05) is 0 Å². The first-order valence-electron chi connectivity index (χ1n) is 6.04. The minimum absolute atomic E-state index is 0.286. The SMILES string of the molecule is O=C(O)c1ccc2cnc(C3CCOCC3)n2c1. The Labute approximate surface area is 104 Å². The molecule has 0 saturated carbocycles. The summed E-state index contributed by atoms with van der Waals surface area (Å²) in [5.74, 6) is 0.380. The van der Waals surface area contributed by atoms with Crippen LogP contribution in [0.25, 0.3) is 5.52 Å². The van der Waals surface area contributed by atoms with Crippen LogP contribution in [0, 0.1) is 0 Å². The van der Waals surface area contributed by atoms with E-state index in [9.17, 15) is 4.79 Å². The number of nitrogens with zero attached hydrogens (tertiary/aromatic N) is 2. The molecule has 0 aromatic carbocycles. The van der Waals surface area contributed by atoms with Crippen LogP contribution in [0.1, 0.15) is 34.9 Å². The summed E-state index contributed by atoms with van der Waals surface area (Å²) in [4.78, 5) is 15.4. The highest BCUT2D eigenvalue weighted by Crippen LogP contribution is 2.26. The third-order valence-corrected chi connectivity index (χ3v) is 3.39. The molecule has 3 rings (SSSR count). The highest BCUT2D eigenvalue weighted by atomic mass is 16.5. The van der Waals surface area contributed by atoms with Crippen molar-refractivity contribution in [3.63, 3.8) is 0 Å². The summed E-state index contributed by atoms with van der Waals surface area (Å²) in [5.41, 5.74) is 1.22. The van der Waals surface area contributed by atoms with E-state index in [1.807, 2.05) is 4.40 Å². The fourth-order valence-electron chi connectivity index (χ4n) is 2.39. The standard InChI is InChI=1S/C13H14N2O3/c16-13(17)10-1-2-11-7-14-12(15(11)8-10)9-3-5-18-6-4-9/h1-2,7-9H,3-6H2,(H,16,17). The second-order valence-corrected chi connectivity index (χ2v) is 4.52. The van der Waals surface area contributed by atoms with E-state index in [-0.39, 0.29) is 5.56 Å². The van der Waals surface area contributed by atoms with Crippen LogP contribution in [0.15, 0.2) is 24.5 Å². The average Bonchev–Trinajstić information content (AvgIpc) is 2.82. The molecule has 3 heterocycles. The van der Waals surface area contributed by atoms with Crippen LogP contribution < -0.4 is 0 Å². The van der Waals surface area contributed by atoms with Crippen molar-refractivity contribution in [2.24, 2.45) is 0 Å². The van der Waals surface area contributed by atoms with Crippen molar-refractivity contribution in [2.45, 2.75) is 18.8 Å². The van der Waals surface area contributed by atoms with Gasteiger partial charge in [0, 0.05) is 25.3 Å². The number of carboxylic acids is 1. The van der Waals surface area contributed by atoms with Gasteiger partial charge >= 0.3 is 5.97 Å². The van der Waals surface area contributed by atoms with Crippen molar-refractivity contribution in [3.8, 4) is 0 Å². The van der Waals surface area contributed by atoms with Crippen molar-refractivity contribution in [1.29, 1.82) is 0 Å². The number of aromatic carboxylic acids is 1. The molecule has 0 radical (unpaired) electrons. The number of aromatic nitrogens is 2. The van der Waals surface area contributed by atoms with Gasteiger partial charge in [0.25, 0.3) is 0 Å². The highest BCUT2D eigenvalue weighted by molar-refractivity contribution is 5.87. The molecular weight excluding hydrogens is 232 g/mol. The van der Waals surface area contributed by atoms with Gasteiger partial charge in [-0.3, -0.25) is 0 Å². The number of ether oxygens (including phenoxy) is 1. The number of hydrogen-bond donors (Lipinski definition) is 1. The molecule has 18 heavy (non-hydrogen) atoms. The van der Waals surface area contributed by atoms with Gasteiger partial charge in [0.2, 0.25) is 0 Å². The predicted octanol–water partition coefficient (Wildman–Crippen LogP) is 1.93. The van der Waals surface area contributed by atoms with Crippen molar-refractivity contribution in [3.05, 3.63) is 35.9 Å². The van der Waals surface area contributed by atoms with E-state index in [4.69, 9.17) is 9.84 Å². The van der Waals surface area contributed by atoms with E-state index in [1.165, 1.54) is 0 Å². The fourth-order valence-corrected chi connectivity index (χ4v) is 2.39. The smallest absolute Gasteiger partial charge is 0.337 e. The number of hydrogen-bond acceptors (Lipinski definition) is 3. The Morgan fingerprint density at radius 2 is 2.17 bits per heavy atom. The van der Waals surface area contributed by atoms with Gasteiger partial charge in [0.1, 0.15) is 5.82 Å². The molecule has 1 saturated heterocycles. The maximum atomic E-state index is 11.0. The molecule has 0 aliphatic carbocycles. The fraction of sp³-hybridized carbons (Fsp3) is 0.385. The van der Waals surface area contributed by atoms with Crippen molar-refractivity contribution in [1.82, 2.24) is 9.38 Å². The summed E-state index contributed by atoms with van der Waals surface area (Å²) in [6.07, 6.45) is 5.32. The lowest BCUT2D eigenvalue weighted by Gasteiger charge is -2.21. The van der Waals surface area contributed by atoms with E-state index in [0.29, 0.717) is 5.92 Å². The Bertz CT molecular complexity index is 585. The summed E-state index contributed by atoms with van der Waals surface area (Å²) < 4.78 is 7.23. The largest absolute Gasteiger partial charge is 0.478 e. The van der Waals surface area contributed by atoms with Crippen molar-refractivity contribution in [2.75, 3.05) is 13.2 Å². The third kappa shape index (κ3) is 1.86. The molecule has 0 bridgehead atoms. The van der Waals surface area contributed by atoms with Gasteiger partial charge < -0.3 is 14.2 Å². The highest BCUT2D eigenvalue weighted by Gasteiger charge is 2.20. The van der Waals surface area contributed by atoms with Crippen molar-refractivity contribution >= 4 is 11.5 Å². The number of carbonyl (C=O) groups is 1. The summed E-state index contributed by atoms with van der Waals surface area (Å²) in [5, 5.41) is 9.03. The van der Waals surface area contributed by atoms with Gasteiger partial charge in [-0.2, -0.15) is 0 Å². The van der Waals surface area contributed by atoms with Crippen LogP contribution in [0.3, 0.4) is 0 Å². The Hall–Kier alpha value is -1.88. The lowest BCUT2D eigenvalue weighted by molar-refractivity contribution is 0.0696. The molecule has 2 aromatic heterocycles. The molecule has 5 heteroatoms. The molecule has 0 unspecified atom stereocenters. The van der Waals surface area contributed by atoms with Gasteiger partial charge in [-0.15, -0.1) is 0 Å². The summed E-state index contributed by atoms with van der Waals surface area (Å²) in [7, 11) is 0. The second kappa shape index (κ2) is 4.42. The van der Waals surface area contributed by atoms with Crippen LogP contribution in [0.5, 0.6) is 0 Å². The second-order valence-electron chi connectivity index (χ2n) is 4.52. The molecular formula is C13H14N2O3. The van der Waals surface area contributed by atoms with Gasteiger partial charge in [0.05, 0.1) is 17.3 Å². The van der Waals surface area contributed by atoms with Crippen LogP contribution in [0.4, 0.5) is 0 Å². The average molecular weight is 246 g/mol. The molecule has 1 N–H and O–H groups in total. The summed E-state index contributed by atoms with van der Waals surface area (Å²) >= 11 is 0. The topological polar surface area (TPSA) is 63.8 Å². The molecule has 1 fully saturated rings. The molecule has 2 aromatic rings. The molecule has 5 nitrogen and oxygen atoms in total. The first-order valence-corrected chi connectivity index (χ1v) is 6.04. The van der Waals surface area contributed by atoms with E-state index in [2.05, 4.69) is 4.98 Å². The Morgan fingerprint density at radius 3 is 2.89 bits per heavy atom. The zero-order chi connectivity index (χ0) is 12.5. The van der Waals surface area contributed by atoms with E-state index in [1.54, 1.807) is 24.5 Å². The van der Waals surface area contributed by atoms with E-state index in [0.717, 1.165) is 37.4 Å². The summed E-state index contributed by atoms with van der Waals surface area (Å²) in [6.45, 7) is 1.50. The number of rotatable bonds is 2. The predicted molar refractivity (Wildman–Crippen MR) is 64.9 cm³/mol. The number of pyridine rings is 1. The number of carboxylic acid groups (broad SMARTS) is 1. The molecule has 1 aliphatic heterocycles. The molecule has 94 valence electrons. The van der Waals surface area contributed by atoms with Crippen LogP contribution in [-0.4, -0.2) is 33.7 Å². The monoisotopic (exact) mass is 246 g/mol. The minimum Gasteiger partial charge on any atom is -0.478 e. The molecule has 0 atom stereocenters. The first-order chi connectivity index (χ1) is 8.75. The zero-order valence-corrected chi connectivity index (χ0v) is 9.87. The quantitative estimate of drug-likeness (QED) is 0.879. The molecule has 1 aliphatic rings. The van der Waals surface area contributed by atoms with E-state index >= 15 is 0 Å². The van der Waals surface area contributed by atoms with Crippen LogP contribution in [-0.2, 0) is 4.74 Å². The van der Waals surface area contributed by atoms with E-state index < -0.39 is 5.97 Å². The normalized spacial score (nSPS) is 17.1. The number of fused-ring (bicyclic) bond motifs is 1. The third-order valence-electron chi connectivity index (χ3n) is 3.39. The maximum Gasteiger partial charge on any atom is 0.337 e. The molecule has 0 spiro atoms. The van der Waals surface area contributed by atoms with Crippen molar-refractivity contribution < 1.29 is 14.6 Å². The first kappa shape index (κ1) is 11.2. The van der Waals surface area contributed by atoms with Gasteiger partial charge in [0.15, 0.2) is 0 Å². The number of imidazole rings is 1. The lowest BCUT2D eigenvalue weighted by atomic mass is 9.99. The maximum absolute atomic E-state index is 11.0. The molecule has 0 amide bonds. The zero-order valence-electron chi connectivity index (χ0n) is 9.87. The van der Waals surface area contributed by atoms with Gasteiger partial charge in [-0.25, -0.2) is 9.78 Å². The Kier molecular flexibility index (Phi) is 2.76. The minimum atomic E-state index is -0.913. The Balaban J connectivity index is 2.05. The Morgan fingerprint density at radius 1 is 1.39 bits per heavy atom. The summed E-state index contributed by atoms with van der Waals surface area (Å²) in [6, 6.07) is 3.40. The van der Waals surface area contributed by atoms with Crippen LogP contribution in [0.2, 0.25) is 0 Å². The lowest BCUT2D eigenvalue weighted by Crippen LogP contribution is -2.16.